The summed E-state index contributed by atoms with van der Waals surface area (Å²) in [6.45, 7) is 2.77. The number of nitrogens with one attached hydrogen (secondary N) is 1. The highest BCUT2D eigenvalue weighted by atomic mass is 16.7. The number of rotatable bonds is 5. The van der Waals surface area contributed by atoms with E-state index in [4.69, 9.17) is 9.47 Å². The number of likely N-dealkylation sites (tertiary alicyclic amines) is 1. The summed E-state index contributed by atoms with van der Waals surface area (Å²) in [6, 6.07) is 16.4. The van der Waals surface area contributed by atoms with Crippen molar-refractivity contribution >= 4 is 11.7 Å². The first-order chi connectivity index (χ1) is 13.7. The quantitative estimate of drug-likeness (QED) is 0.860. The average Bonchev–Trinajstić information content (AvgIpc) is 3.21. The van der Waals surface area contributed by atoms with E-state index in [0.717, 1.165) is 50.3 Å². The Morgan fingerprint density at radius 2 is 2.00 bits per heavy atom. The molecule has 1 saturated heterocycles. The van der Waals surface area contributed by atoms with E-state index in [1.807, 2.05) is 29.2 Å². The smallest absolute Gasteiger partial charge is 0.321 e. The van der Waals surface area contributed by atoms with Crippen molar-refractivity contribution in [3.63, 3.8) is 0 Å². The van der Waals surface area contributed by atoms with Crippen LogP contribution in [0, 0.1) is 0 Å². The predicted molar refractivity (Wildman–Crippen MR) is 109 cm³/mol. The summed E-state index contributed by atoms with van der Waals surface area (Å²) in [6.07, 6.45) is 3.17. The van der Waals surface area contributed by atoms with Crippen LogP contribution in [-0.2, 0) is 6.42 Å². The van der Waals surface area contributed by atoms with Gasteiger partial charge >= 0.3 is 6.03 Å². The highest BCUT2D eigenvalue weighted by Crippen LogP contribution is 2.34. The molecule has 1 N–H and O–H groups in total. The zero-order valence-corrected chi connectivity index (χ0v) is 16.3. The molecule has 2 aromatic carbocycles. The lowest BCUT2D eigenvalue weighted by atomic mass is 10.0. The van der Waals surface area contributed by atoms with Crippen LogP contribution in [0.25, 0.3) is 0 Å². The molecule has 0 aliphatic carbocycles. The zero-order valence-electron chi connectivity index (χ0n) is 16.3. The summed E-state index contributed by atoms with van der Waals surface area (Å²) in [7, 11) is 2.16. The lowest BCUT2D eigenvalue weighted by Crippen LogP contribution is -2.50. The van der Waals surface area contributed by atoms with E-state index in [-0.39, 0.29) is 12.8 Å². The Labute approximate surface area is 166 Å². The average molecular weight is 381 g/mol. The van der Waals surface area contributed by atoms with Gasteiger partial charge in [-0.15, -0.1) is 0 Å². The van der Waals surface area contributed by atoms with Crippen LogP contribution in [0.15, 0.2) is 48.5 Å². The number of urea groups is 1. The van der Waals surface area contributed by atoms with Crippen molar-refractivity contribution in [2.75, 3.05) is 38.8 Å². The van der Waals surface area contributed by atoms with Crippen molar-refractivity contribution in [1.29, 1.82) is 0 Å². The molecule has 2 aliphatic rings. The van der Waals surface area contributed by atoms with E-state index < -0.39 is 0 Å². The monoisotopic (exact) mass is 381 g/mol. The number of fused-ring (bicyclic) bond motifs is 1. The number of hydrogen-bond donors (Lipinski definition) is 1. The third kappa shape index (κ3) is 4.39. The van der Waals surface area contributed by atoms with Gasteiger partial charge in [-0.05, 0) is 44.0 Å². The Kier molecular flexibility index (Phi) is 5.67. The van der Waals surface area contributed by atoms with Gasteiger partial charge < -0.3 is 24.6 Å². The standard InChI is InChI=1S/C22H27N3O3/c1-24(13-11-17-6-3-2-4-7-17)19-8-5-12-25(15-19)22(26)23-18-9-10-20-21(14-18)28-16-27-20/h2-4,6-7,9-10,14,19H,5,8,11-13,15-16H2,1H3,(H,23,26)/t19-/m1/s1. The summed E-state index contributed by atoms with van der Waals surface area (Å²) in [4.78, 5) is 17.0. The second kappa shape index (κ2) is 8.52. The van der Waals surface area contributed by atoms with Crippen molar-refractivity contribution < 1.29 is 14.3 Å². The topological polar surface area (TPSA) is 54.0 Å². The number of carbonyl (C=O) groups is 1. The predicted octanol–water partition coefficient (Wildman–Crippen LogP) is 3.59. The summed E-state index contributed by atoms with van der Waals surface area (Å²) < 4.78 is 10.7. The fourth-order valence-corrected chi connectivity index (χ4v) is 3.81. The van der Waals surface area contributed by atoms with Gasteiger partial charge in [-0.3, -0.25) is 0 Å². The fraction of sp³-hybridized carbons (Fsp3) is 0.409. The normalized spacial score (nSPS) is 18.4. The number of nitrogens with zero attached hydrogens (tertiary/aromatic N) is 2. The van der Waals surface area contributed by atoms with Gasteiger partial charge in [0, 0.05) is 37.4 Å². The van der Waals surface area contributed by atoms with Crippen LogP contribution in [0.3, 0.4) is 0 Å². The van der Waals surface area contributed by atoms with Gasteiger partial charge in [0.15, 0.2) is 11.5 Å². The molecule has 4 rings (SSSR count). The minimum atomic E-state index is -0.0555. The number of hydrogen-bond acceptors (Lipinski definition) is 4. The van der Waals surface area contributed by atoms with Crippen molar-refractivity contribution in [1.82, 2.24) is 9.80 Å². The summed E-state index contributed by atoms with van der Waals surface area (Å²) >= 11 is 0. The van der Waals surface area contributed by atoms with E-state index in [2.05, 4.69) is 41.5 Å². The van der Waals surface area contributed by atoms with E-state index in [1.54, 1.807) is 0 Å². The maximum atomic E-state index is 12.7. The molecule has 1 fully saturated rings. The van der Waals surface area contributed by atoms with Gasteiger partial charge in [0.1, 0.15) is 0 Å². The lowest BCUT2D eigenvalue weighted by Gasteiger charge is -2.37. The molecule has 2 heterocycles. The van der Waals surface area contributed by atoms with Gasteiger partial charge in [-0.2, -0.15) is 0 Å². The van der Waals surface area contributed by atoms with Crippen LogP contribution in [0.1, 0.15) is 18.4 Å². The Balaban J connectivity index is 1.30. The van der Waals surface area contributed by atoms with Crippen LogP contribution < -0.4 is 14.8 Å². The third-order valence-corrected chi connectivity index (χ3v) is 5.53. The first-order valence-corrected chi connectivity index (χ1v) is 9.89. The number of amides is 2. The number of anilines is 1. The minimum Gasteiger partial charge on any atom is -0.454 e. The summed E-state index contributed by atoms with van der Waals surface area (Å²) in [5.74, 6) is 1.39. The molecule has 2 amide bonds. The van der Waals surface area contributed by atoms with E-state index in [1.165, 1.54) is 5.56 Å². The molecule has 2 aromatic rings. The Morgan fingerprint density at radius 1 is 1.18 bits per heavy atom. The molecule has 0 saturated carbocycles. The number of benzene rings is 2. The molecule has 0 spiro atoms. The summed E-state index contributed by atoms with van der Waals surface area (Å²) in [5.41, 5.74) is 2.08. The Hall–Kier alpha value is -2.73. The highest BCUT2D eigenvalue weighted by Gasteiger charge is 2.26. The molecule has 2 aliphatic heterocycles. The van der Waals surface area contributed by atoms with Gasteiger partial charge in [0.25, 0.3) is 0 Å². The second-order valence-corrected chi connectivity index (χ2v) is 7.46. The highest BCUT2D eigenvalue weighted by molar-refractivity contribution is 5.89. The first-order valence-electron chi connectivity index (χ1n) is 9.89. The molecule has 6 nitrogen and oxygen atoms in total. The van der Waals surface area contributed by atoms with E-state index in [9.17, 15) is 4.79 Å². The Bertz CT molecular complexity index is 812. The SMILES string of the molecule is CN(CCc1ccccc1)[C@@H]1CCCN(C(=O)Nc2ccc3c(c2)OCO3)C1. The number of carbonyl (C=O) groups excluding carboxylic acids is 1. The van der Waals surface area contributed by atoms with E-state index in [0.29, 0.717) is 11.8 Å². The van der Waals surface area contributed by atoms with Crippen molar-refractivity contribution in [2.45, 2.75) is 25.3 Å². The van der Waals surface area contributed by atoms with Crippen LogP contribution in [-0.4, -0.2) is 55.3 Å². The molecule has 148 valence electrons. The molecule has 1 atom stereocenters. The number of piperidine rings is 1. The van der Waals surface area contributed by atoms with Gasteiger partial charge in [-0.1, -0.05) is 30.3 Å². The largest absolute Gasteiger partial charge is 0.454 e. The van der Waals surface area contributed by atoms with E-state index >= 15 is 0 Å². The minimum absolute atomic E-state index is 0.0555. The first kappa shape index (κ1) is 18.6. The van der Waals surface area contributed by atoms with Gasteiger partial charge in [0.05, 0.1) is 0 Å². The molecule has 28 heavy (non-hydrogen) atoms. The number of ether oxygens (including phenoxy) is 2. The zero-order chi connectivity index (χ0) is 19.3. The van der Waals surface area contributed by atoms with Crippen molar-refractivity contribution in [3.05, 3.63) is 54.1 Å². The number of likely N-dealkylation sites (N-methyl/N-ethyl adjacent to an activating group) is 1. The fourth-order valence-electron chi connectivity index (χ4n) is 3.81. The Morgan fingerprint density at radius 3 is 2.86 bits per heavy atom. The van der Waals surface area contributed by atoms with Crippen LogP contribution >= 0.6 is 0 Å². The van der Waals surface area contributed by atoms with Crippen molar-refractivity contribution in [3.8, 4) is 11.5 Å². The van der Waals surface area contributed by atoms with Crippen molar-refractivity contribution in [2.24, 2.45) is 0 Å². The van der Waals surface area contributed by atoms with Crippen LogP contribution in [0.2, 0.25) is 0 Å². The molecule has 0 radical (unpaired) electrons. The lowest BCUT2D eigenvalue weighted by molar-refractivity contribution is 0.133. The molecule has 0 aromatic heterocycles. The maximum absolute atomic E-state index is 12.7. The van der Waals surface area contributed by atoms with Crippen LogP contribution in [0.5, 0.6) is 11.5 Å². The molecule has 0 bridgehead atoms. The molecule has 6 heteroatoms. The molecular weight excluding hydrogens is 354 g/mol. The summed E-state index contributed by atoms with van der Waals surface area (Å²) in [5, 5.41) is 2.99. The third-order valence-electron chi connectivity index (χ3n) is 5.53. The maximum Gasteiger partial charge on any atom is 0.321 e. The molecule has 0 unspecified atom stereocenters. The van der Waals surface area contributed by atoms with Gasteiger partial charge in [-0.25, -0.2) is 4.79 Å². The van der Waals surface area contributed by atoms with Crippen LogP contribution in [0.4, 0.5) is 10.5 Å². The second-order valence-electron chi connectivity index (χ2n) is 7.46. The molecular formula is C22H27N3O3. The van der Waals surface area contributed by atoms with Gasteiger partial charge in [0.2, 0.25) is 6.79 Å².